The Kier molecular flexibility index (Phi) is 4.08. The van der Waals surface area contributed by atoms with Crippen LogP contribution in [0.25, 0.3) is 0 Å². The van der Waals surface area contributed by atoms with E-state index >= 15 is 0 Å². The average Bonchev–Trinajstić information content (AvgIpc) is 2.49. The van der Waals surface area contributed by atoms with E-state index in [1.54, 1.807) is 49.5 Å². The van der Waals surface area contributed by atoms with Crippen molar-refractivity contribution in [2.24, 2.45) is 5.73 Å². The molecule has 0 aliphatic rings. The summed E-state index contributed by atoms with van der Waals surface area (Å²) in [4.78, 5) is 22.6. The van der Waals surface area contributed by atoms with Crippen LogP contribution in [0.2, 0.25) is 0 Å². The Hall–Kier alpha value is -3.02. The minimum Gasteiger partial charge on any atom is -0.455 e. The molecule has 0 spiro atoms. The lowest BCUT2D eigenvalue weighted by Gasteiger charge is -2.10. The smallest absolute Gasteiger partial charge is 0.251 e. The zero-order chi connectivity index (χ0) is 15.4. The monoisotopic (exact) mass is 285 g/mol. The average molecular weight is 285 g/mol. The van der Waals surface area contributed by atoms with Gasteiger partial charge in [0.1, 0.15) is 5.75 Å². The highest BCUT2D eigenvalue weighted by molar-refractivity contribution is 5.95. The molecule has 2 rings (SSSR count). The Morgan fingerprint density at radius 3 is 2.24 bits per heavy atom. The highest BCUT2D eigenvalue weighted by atomic mass is 16.5. The second-order valence-electron chi connectivity index (χ2n) is 4.32. The number of anilines is 1. The van der Waals surface area contributed by atoms with Crippen LogP contribution in [0.5, 0.6) is 11.5 Å². The molecule has 0 saturated carbocycles. The molecule has 0 atom stereocenters. The lowest BCUT2D eigenvalue weighted by atomic mass is 10.1. The predicted octanol–water partition coefficient (Wildman–Crippen LogP) is 1.52. The van der Waals surface area contributed by atoms with Crippen LogP contribution in [0.1, 0.15) is 20.7 Å². The molecule has 2 aromatic rings. The molecule has 0 fully saturated rings. The fourth-order valence-corrected chi connectivity index (χ4v) is 1.72. The Morgan fingerprint density at radius 1 is 1.05 bits per heavy atom. The molecule has 21 heavy (non-hydrogen) atoms. The van der Waals surface area contributed by atoms with Gasteiger partial charge in [0.2, 0.25) is 5.91 Å². The number of ether oxygens (including phenoxy) is 1. The van der Waals surface area contributed by atoms with Crippen molar-refractivity contribution in [3.8, 4) is 11.5 Å². The molecule has 5 N–H and O–H groups in total. The third kappa shape index (κ3) is 3.30. The summed E-state index contributed by atoms with van der Waals surface area (Å²) in [6.45, 7) is 0. The third-order valence-electron chi connectivity index (χ3n) is 2.87. The number of nitrogens with two attached hydrogens (primary N) is 2. The summed E-state index contributed by atoms with van der Waals surface area (Å²) in [5.41, 5.74) is 12.2. The van der Waals surface area contributed by atoms with Crippen LogP contribution in [0.15, 0.2) is 42.5 Å². The molecule has 0 aliphatic heterocycles. The summed E-state index contributed by atoms with van der Waals surface area (Å²) in [6, 6.07) is 11.1. The van der Waals surface area contributed by atoms with Gasteiger partial charge in [-0.15, -0.1) is 0 Å². The lowest BCUT2D eigenvalue weighted by Crippen LogP contribution is -2.17. The minimum absolute atomic E-state index is 0.232. The normalized spacial score (nSPS) is 9.95. The van der Waals surface area contributed by atoms with Crippen molar-refractivity contribution < 1.29 is 14.3 Å². The minimum atomic E-state index is -0.511. The Balaban J connectivity index is 2.26. The molecule has 0 aliphatic carbocycles. The first-order valence-electron chi connectivity index (χ1n) is 6.20. The van der Waals surface area contributed by atoms with Crippen LogP contribution in [0.3, 0.4) is 0 Å². The van der Waals surface area contributed by atoms with Gasteiger partial charge in [0.05, 0.1) is 5.69 Å². The zero-order valence-electron chi connectivity index (χ0n) is 11.4. The first kappa shape index (κ1) is 14.4. The standard InChI is InChI=1S/C15H15N3O3/c1-18-15(20)10-4-7-12(16)13(8-10)21-11-5-2-9(3-6-11)14(17)19/h2-8H,16H2,1H3,(H2,17,19)(H,18,20). The van der Waals surface area contributed by atoms with Gasteiger partial charge < -0.3 is 21.5 Å². The summed E-state index contributed by atoms with van der Waals surface area (Å²) in [5, 5.41) is 2.53. The van der Waals surface area contributed by atoms with E-state index in [1.165, 1.54) is 0 Å². The van der Waals surface area contributed by atoms with Gasteiger partial charge in [-0.2, -0.15) is 0 Å². The first-order chi connectivity index (χ1) is 10.0. The molecule has 0 unspecified atom stereocenters. The van der Waals surface area contributed by atoms with Crippen molar-refractivity contribution in [1.82, 2.24) is 5.32 Å². The highest BCUT2D eigenvalue weighted by Crippen LogP contribution is 2.28. The maximum atomic E-state index is 11.6. The van der Waals surface area contributed by atoms with Crippen LogP contribution in [-0.2, 0) is 0 Å². The summed E-state index contributed by atoms with van der Waals surface area (Å²) >= 11 is 0. The second-order valence-corrected chi connectivity index (χ2v) is 4.32. The van der Waals surface area contributed by atoms with Gasteiger partial charge in [-0.3, -0.25) is 9.59 Å². The van der Waals surface area contributed by atoms with Gasteiger partial charge in [-0.25, -0.2) is 0 Å². The van der Waals surface area contributed by atoms with Crippen molar-refractivity contribution in [2.75, 3.05) is 12.8 Å². The van der Waals surface area contributed by atoms with E-state index < -0.39 is 5.91 Å². The van der Waals surface area contributed by atoms with Gasteiger partial charge in [-0.05, 0) is 42.5 Å². The Bertz CT molecular complexity index is 681. The summed E-state index contributed by atoms with van der Waals surface area (Å²) in [5.74, 6) is 0.107. The van der Waals surface area contributed by atoms with Gasteiger partial charge in [-0.1, -0.05) is 0 Å². The largest absolute Gasteiger partial charge is 0.455 e. The van der Waals surface area contributed by atoms with Crippen molar-refractivity contribution in [3.05, 3.63) is 53.6 Å². The number of hydrogen-bond donors (Lipinski definition) is 3. The third-order valence-corrected chi connectivity index (χ3v) is 2.87. The number of nitrogen functional groups attached to an aromatic ring is 1. The van der Waals surface area contributed by atoms with Crippen LogP contribution in [0.4, 0.5) is 5.69 Å². The molecule has 6 nitrogen and oxygen atoms in total. The van der Waals surface area contributed by atoms with Crippen molar-refractivity contribution in [2.45, 2.75) is 0 Å². The SMILES string of the molecule is CNC(=O)c1ccc(N)c(Oc2ccc(C(N)=O)cc2)c1. The van der Waals surface area contributed by atoms with E-state index in [0.29, 0.717) is 28.3 Å². The molecular weight excluding hydrogens is 270 g/mol. The molecular formula is C15H15N3O3. The van der Waals surface area contributed by atoms with Crippen molar-refractivity contribution in [1.29, 1.82) is 0 Å². The number of primary amides is 1. The molecule has 2 amide bonds. The summed E-state index contributed by atoms with van der Waals surface area (Å²) in [7, 11) is 1.54. The first-order valence-corrected chi connectivity index (χ1v) is 6.20. The topological polar surface area (TPSA) is 107 Å². The van der Waals surface area contributed by atoms with Gasteiger partial charge in [0.15, 0.2) is 5.75 Å². The van der Waals surface area contributed by atoms with Gasteiger partial charge >= 0.3 is 0 Å². The molecule has 0 saturated heterocycles. The molecule has 0 bridgehead atoms. The number of nitrogens with one attached hydrogen (secondary N) is 1. The molecule has 2 aromatic carbocycles. The molecule has 108 valence electrons. The predicted molar refractivity (Wildman–Crippen MR) is 79.3 cm³/mol. The van der Waals surface area contributed by atoms with Crippen LogP contribution in [-0.4, -0.2) is 18.9 Å². The maximum absolute atomic E-state index is 11.6. The van der Waals surface area contributed by atoms with Gasteiger partial charge in [0, 0.05) is 18.2 Å². The van der Waals surface area contributed by atoms with E-state index in [-0.39, 0.29) is 5.91 Å². The van der Waals surface area contributed by atoms with E-state index in [1.807, 2.05) is 0 Å². The lowest BCUT2D eigenvalue weighted by molar-refractivity contribution is 0.0961. The van der Waals surface area contributed by atoms with Crippen molar-refractivity contribution >= 4 is 17.5 Å². The number of carbonyl (C=O) groups is 2. The van der Waals surface area contributed by atoms with Crippen molar-refractivity contribution in [3.63, 3.8) is 0 Å². The number of benzene rings is 2. The fourth-order valence-electron chi connectivity index (χ4n) is 1.72. The zero-order valence-corrected chi connectivity index (χ0v) is 11.4. The van der Waals surface area contributed by atoms with E-state index in [9.17, 15) is 9.59 Å². The van der Waals surface area contributed by atoms with Crippen LogP contribution >= 0.6 is 0 Å². The molecule has 0 heterocycles. The second kappa shape index (κ2) is 5.96. The van der Waals surface area contributed by atoms with E-state index in [0.717, 1.165) is 0 Å². The number of rotatable bonds is 4. The summed E-state index contributed by atoms with van der Waals surface area (Å²) in [6.07, 6.45) is 0. The number of hydrogen-bond acceptors (Lipinski definition) is 4. The quantitative estimate of drug-likeness (QED) is 0.740. The van der Waals surface area contributed by atoms with E-state index in [4.69, 9.17) is 16.2 Å². The van der Waals surface area contributed by atoms with Crippen LogP contribution < -0.4 is 21.5 Å². The van der Waals surface area contributed by atoms with E-state index in [2.05, 4.69) is 5.32 Å². The molecule has 0 radical (unpaired) electrons. The Labute approximate surface area is 121 Å². The highest BCUT2D eigenvalue weighted by Gasteiger charge is 2.09. The number of amides is 2. The maximum Gasteiger partial charge on any atom is 0.251 e. The van der Waals surface area contributed by atoms with Crippen LogP contribution in [0, 0.1) is 0 Å². The molecule has 6 heteroatoms. The number of carbonyl (C=O) groups excluding carboxylic acids is 2. The Morgan fingerprint density at radius 2 is 1.67 bits per heavy atom. The molecule has 0 aromatic heterocycles. The summed E-state index contributed by atoms with van der Waals surface area (Å²) < 4.78 is 5.62. The fraction of sp³-hybridized carbons (Fsp3) is 0.0667. The van der Waals surface area contributed by atoms with Gasteiger partial charge in [0.25, 0.3) is 5.91 Å².